The summed E-state index contributed by atoms with van der Waals surface area (Å²) in [5.41, 5.74) is 4.82. The molecule has 0 bridgehead atoms. The lowest BCUT2D eigenvalue weighted by Gasteiger charge is -2.33. The first-order valence-electron chi connectivity index (χ1n) is 11.3. The molecule has 1 aliphatic heterocycles. The fraction of sp³-hybridized carbons (Fsp3) is 0.500. The molecule has 0 aromatic carbocycles. The first-order chi connectivity index (χ1) is 14.7. The van der Waals surface area contributed by atoms with E-state index in [1.165, 1.54) is 42.8 Å². The molecule has 3 aromatic heterocycles. The van der Waals surface area contributed by atoms with Gasteiger partial charge in [-0.05, 0) is 70.0 Å². The second-order valence-electron chi connectivity index (χ2n) is 8.77. The highest BCUT2D eigenvalue weighted by molar-refractivity contribution is 5.52. The van der Waals surface area contributed by atoms with Crippen LogP contribution in [0.5, 0.6) is 0 Å². The number of piperidine rings is 1. The van der Waals surface area contributed by atoms with E-state index < -0.39 is 0 Å². The number of anilines is 1. The van der Waals surface area contributed by atoms with E-state index in [0.717, 1.165) is 37.4 Å². The van der Waals surface area contributed by atoms with Crippen LogP contribution in [0.1, 0.15) is 48.7 Å². The van der Waals surface area contributed by atoms with Gasteiger partial charge in [-0.3, -0.25) is 14.3 Å². The number of fused-ring (bicyclic) bond motifs is 2. The van der Waals surface area contributed by atoms with E-state index in [4.69, 9.17) is 9.97 Å². The Hall–Kier alpha value is -2.44. The average molecular weight is 405 g/mol. The molecule has 6 heteroatoms. The minimum atomic E-state index is 0.375. The smallest absolute Gasteiger partial charge is 0.138 e. The molecule has 1 saturated heterocycles. The maximum atomic E-state index is 4.95. The van der Waals surface area contributed by atoms with Crippen LogP contribution >= 0.6 is 0 Å². The summed E-state index contributed by atoms with van der Waals surface area (Å²) in [5, 5.41) is 3.42. The fourth-order valence-corrected chi connectivity index (χ4v) is 5.16. The second kappa shape index (κ2) is 8.36. The van der Waals surface area contributed by atoms with Gasteiger partial charge in [0.2, 0.25) is 0 Å². The summed E-state index contributed by atoms with van der Waals surface area (Å²) in [6.07, 6.45) is 10.1. The van der Waals surface area contributed by atoms with Gasteiger partial charge in [0.05, 0.1) is 17.4 Å². The topological polar surface area (TPSA) is 48.7 Å². The summed E-state index contributed by atoms with van der Waals surface area (Å²) in [4.78, 5) is 14.6. The zero-order valence-electron chi connectivity index (χ0n) is 18.1. The highest BCUT2D eigenvalue weighted by Gasteiger charge is 2.26. The predicted octanol–water partition coefficient (Wildman–Crippen LogP) is 3.43. The highest BCUT2D eigenvalue weighted by atomic mass is 15.2. The molecule has 0 spiro atoms. The number of nitrogens with one attached hydrogen (secondary N) is 1. The Morgan fingerprint density at radius 1 is 1.13 bits per heavy atom. The van der Waals surface area contributed by atoms with Crippen LogP contribution in [0.25, 0.3) is 5.65 Å². The summed E-state index contributed by atoms with van der Waals surface area (Å²) >= 11 is 0. The van der Waals surface area contributed by atoms with Crippen molar-refractivity contribution in [2.45, 2.75) is 50.7 Å². The van der Waals surface area contributed by atoms with E-state index >= 15 is 0 Å². The van der Waals surface area contributed by atoms with Gasteiger partial charge in [-0.2, -0.15) is 0 Å². The first kappa shape index (κ1) is 19.5. The Morgan fingerprint density at radius 2 is 2.00 bits per heavy atom. The Labute approximate surface area is 178 Å². The molecule has 3 aromatic rings. The number of hydrogen-bond donors (Lipinski definition) is 1. The molecule has 1 unspecified atom stereocenters. The van der Waals surface area contributed by atoms with Gasteiger partial charge < -0.3 is 10.2 Å². The third-order valence-electron chi connectivity index (χ3n) is 6.86. The fourth-order valence-electron chi connectivity index (χ4n) is 5.16. The Morgan fingerprint density at radius 3 is 2.83 bits per heavy atom. The SMILES string of the molecule is CNC1CCN(c2cccc3nc(CN(C)C4CCCc5cccnc54)cn23)CC1. The molecule has 30 heavy (non-hydrogen) atoms. The number of nitrogens with zero attached hydrogens (tertiary/aromatic N) is 5. The number of pyridine rings is 2. The van der Waals surface area contributed by atoms with Crippen molar-refractivity contribution >= 4 is 11.5 Å². The third-order valence-corrected chi connectivity index (χ3v) is 6.86. The number of hydrogen-bond acceptors (Lipinski definition) is 5. The van der Waals surface area contributed by atoms with Gasteiger partial charge in [0.15, 0.2) is 0 Å². The second-order valence-corrected chi connectivity index (χ2v) is 8.77. The lowest BCUT2D eigenvalue weighted by Crippen LogP contribution is -2.41. The Balaban J connectivity index is 1.36. The zero-order valence-corrected chi connectivity index (χ0v) is 18.1. The summed E-state index contributed by atoms with van der Waals surface area (Å²) in [6.45, 7) is 3.01. The number of aromatic nitrogens is 3. The summed E-state index contributed by atoms with van der Waals surface area (Å²) in [7, 11) is 4.28. The van der Waals surface area contributed by atoms with E-state index in [2.05, 4.69) is 70.1 Å². The zero-order chi connectivity index (χ0) is 20.5. The molecular weight excluding hydrogens is 372 g/mol. The van der Waals surface area contributed by atoms with Crippen molar-refractivity contribution in [2.24, 2.45) is 0 Å². The van der Waals surface area contributed by atoms with Crippen molar-refractivity contribution in [1.29, 1.82) is 0 Å². The van der Waals surface area contributed by atoms with E-state index in [1.54, 1.807) is 0 Å². The molecule has 158 valence electrons. The number of rotatable bonds is 5. The van der Waals surface area contributed by atoms with Gasteiger partial charge in [0.1, 0.15) is 11.5 Å². The maximum Gasteiger partial charge on any atom is 0.138 e. The molecule has 4 heterocycles. The van der Waals surface area contributed by atoms with Crippen LogP contribution in [0.3, 0.4) is 0 Å². The average Bonchev–Trinajstić information content (AvgIpc) is 3.21. The van der Waals surface area contributed by atoms with Crippen LogP contribution in [0.4, 0.5) is 5.82 Å². The van der Waals surface area contributed by atoms with Crippen molar-refractivity contribution in [3.05, 3.63) is 59.7 Å². The van der Waals surface area contributed by atoms with Crippen molar-refractivity contribution in [1.82, 2.24) is 24.6 Å². The van der Waals surface area contributed by atoms with Crippen LogP contribution in [-0.2, 0) is 13.0 Å². The minimum absolute atomic E-state index is 0.375. The molecule has 6 nitrogen and oxygen atoms in total. The Kier molecular flexibility index (Phi) is 5.44. The van der Waals surface area contributed by atoms with Crippen molar-refractivity contribution < 1.29 is 0 Å². The maximum absolute atomic E-state index is 4.95. The molecule has 0 saturated carbocycles. The van der Waals surface area contributed by atoms with Crippen LogP contribution in [-0.4, -0.2) is 52.5 Å². The molecule has 0 amide bonds. The van der Waals surface area contributed by atoms with Gasteiger partial charge in [-0.1, -0.05) is 12.1 Å². The molecule has 1 fully saturated rings. The largest absolute Gasteiger partial charge is 0.358 e. The quantitative estimate of drug-likeness (QED) is 0.706. The van der Waals surface area contributed by atoms with Crippen molar-refractivity contribution in [3.63, 3.8) is 0 Å². The summed E-state index contributed by atoms with van der Waals surface area (Å²) in [5.74, 6) is 1.26. The van der Waals surface area contributed by atoms with E-state index in [0.29, 0.717) is 12.1 Å². The predicted molar refractivity (Wildman–Crippen MR) is 121 cm³/mol. The lowest BCUT2D eigenvalue weighted by molar-refractivity contribution is 0.206. The summed E-state index contributed by atoms with van der Waals surface area (Å²) < 4.78 is 2.27. The molecule has 0 radical (unpaired) electrons. The number of imidazole rings is 1. The standard InChI is InChI=1S/C24H32N6/c1-25-19-11-14-29(15-12-19)23-10-4-9-22-27-20(17-30(22)23)16-28(2)21-8-3-6-18-7-5-13-26-24(18)21/h4-5,7,9-10,13,17,19,21,25H,3,6,8,11-12,14-16H2,1-2H3. The third kappa shape index (κ3) is 3.70. The monoisotopic (exact) mass is 404 g/mol. The van der Waals surface area contributed by atoms with Crippen molar-refractivity contribution in [3.8, 4) is 0 Å². The molecule has 5 rings (SSSR count). The minimum Gasteiger partial charge on any atom is -0.358 e. The van der Waals surface area contributed by atoms with Gasteiger partial charge in [-0.15, -0.1) is 0 Å². The molecule has 2 aliphatic rings. The van der Waals surface area contributed by atoms with Crippen LogP contribution in [0.2, 0.25) is 0 Å². The van der Waals surface area contributed by atoms with Gasteiger partial charge in [0.25, 0.3) is 0 Å². The van der Waals surface area contributed by atoms with Gasteiger partial charge >= 0.3 is 0 Å². The summed E-state index contributed by atoms with van der Waals surface area (Å²) in [6, 6.07) is 11.8. The van der Waals surface area contributed by atoms with Crippen LogP contribution in [0, 0.1) is 0 Å². The van der Waals surface area contributed by atoms with E-state index in [9.17, 15) is 0 Å². The van der Waals surface area contributed by atoms with Crippen molar-refractivity contribution in [2.75, 3.05) is 32.1 Å². The van der Waals surface area contributed by atoms with E-state index in [-0.39, 0.29) is 0 Å². The molecule has 1 N–H and O–H groups in total. The number of aryl methyl sites for hydroxylation is 1. The molecule has 1 atom stereocenters. The van der Waals surface area contributed by atoms with Crippen LogP contribution in [0.15, 0.2) is 42.7 Å². The first-order valence-corrected chi connectivity index (χ1v) is 11.3. The van der Waals surface area contributed by atoms with E-state index in [1.807, 2.05) is 6.20 Å². The van der Waals surface area contributed by atoms with Crippen LogP contribution < -0.4 is 10.2 Å². The lowest BCUT2D eigenvalue weighted by atomic mass is 9.91. The Bertz CT molecular complexity index is 1000. The molecular formula is C24H32N6. The van der Waals surface area contributed by atoms with Gasteiger partial charge in [0, 0.05) is 38.1 Å². The molecule has 1 aliphatic carbocycles. The normalized spacial score (nSPS) is 20.1. The van der Waals surface area contributed by atoms with Gasteiger partial charge in [-0.25, -0.2) is 4.98 Å². The highest BCUT2D eigenvalue weighted by Crippen LogP contribution is 2.32.